The molecule has 0 aliphatic rings. The minimum absolute atomic E-state index is 0.148. The van der Waals surface area contributed by atoms with Gasteiger partial charge in [-0.25, -0.2) is 0 Å². The number of nitrogens with zero attached hydrogens (tertiary/aromatic N) is 1. The summed E-state index contributed by atoms with van der Waals surface area (Å²) >= 11 is 6.17. The second kappa shape index (κ2) is 8.17. The molecule has 0 aliphatic heterocycles. The molecule has 1 amide bonds. The number of hydrogen-bond acceptors (Lipinski definition) is 3. The summed E-state index contributed by atoms with van der Waals surface area (Å²) in [6.07, 6.45) is 0.550. The number of rotatable bonds is 6. The number of amides is 1. The Morgan fingerprint density at radius 1 is 1.23 bits per heavy atom. The number of aromatic amines is 1. The van der Waals surface area contributed by atoms with Crippen molar-refractivity contribution in [2.75, 3.05) is 6.61 Å². The van der Waals surface area contributed by atoms with Gasteiger partial charge in [-0.05, 0) is 31.0 Å². The molecular weight excluding hydrogens is 350 g/mol. The third-order valence-corrected chi connectivity index (χ3v) is 4.46. The third-order valence-electron chi connectivity index (χ3n) is 4.13. The van der Waals surface area contributed by atoms with Crippen LogP contribution in [-0.2, 0) is 6.42 Å². The Morgan fingerprint density at radius 2 is 1.96 bits per heavy atom. The van der Waals surface area contributed by atoms with Crippen LogP contribution in [0, 0.1) is 6.92 Å². The van der Waals surface area contributed by atoms with Crippen molar-refractivity contribution in [3.05, 3.63) is 76.4 Å². The molecule has 3 N–H and O–H groups in total. The zero-order chi connectivity index (χ0) is 18.5. The summed E-state index contributed by atoms with van der Waals surface area (Å²) in [5.74, 6) is -0.318. The second-order valence-electron chi connectivity index (χ2n) is 6.19. The Labute approximate surface area is 157 Å². The van der Waals surface area contributed by atoms with E-state index in [0.717, 1.165) is 11.1 Å². The summed E-state index contributed by atoms with van der Waals surface area (Å²) in [5.41, 5.74) is 3.89. The van der Waals surface area contributed by atoms with E-state index >= 15 is 0 Å². The maximum Gasteiger partial charge on any atom is 0.269 e. The molecule has 6 heteroatoms. The van der Waals surface area contributed by atoms with E-state index in [-0.39, 0.29) is 18.6 Å². The van der Waals surface area contributed by atoms with Crippen LogP contribution in [0.3, 0.4) is 0 Å². The predicted molar refractivity (Wildman–Crippen MR) is 102 cm³/mol. The lowest BCUT2D eigenvalue weighted by Gasteiger charge is -2.16. The summed E-state index contributed by atoms with van der Waals surface area (Å²) in [5, 5.41) is 19.9. The lowest BCUT2D eigenvalue weighted by atomic mass is 10.0. The Balaban J connectivity index is 1.69. The molecule has 3 aromatic rings. The Bertz CT molecular complexity index is 890. The van der Waals surface area contributed by atoms with Crippen molar-refractivity contribution in [3.63, 3.8) is 0 Å². The zero-order valence-corrected chi connectivity index (χ0v) is 15.1. The summed E-state index contributed by atoms with van der Waals surface area (Å²) < 4.78 is 0. The highest BCUT2D eigenvalue weighted by atomic mass is 35.5. The smallest absolute Gasteiger partial charge is 0.269 e. The van der Waals surface area contributed by atoms with Crippen molar-refractivity contribution in [3.8, 4) is 11.3 Å². The summed E-state index contributed by atoms with van der Waals surface area (Å²) in [6, 6.07) is 16.6. The highest BCUT2D eigenvalue weighted by Gasteiger charge is 2.17. The van der Waals surface area contributed by atoms with E-state index in [4.69, 9.17) is 11.6 Å². The van der Waals surface area contributed by atoms with Crippen LogP contribution >= 0.6 is 11.6 Å². The first-order valence-corrected chi connectivity index (χ1v) is 8.72. The highest BCUT2D eigenvalue weighted by molar-refractivity contribution is 6.33. The van der Waals surface area contributed by atoms with Crippen LogP contribution in [0.25, 0.3) is 11.3 Å². The molecule has 1 atom stereocenters. The molecule has 0 bridgehead atoms. The molecule has 3 rings (SSSR count). The van der Waals surface area contributed by atoms with Crippen molar-refractivity contribution >= 4 is 17.5 Å². The molecular formula is C20H20ClN3O2. The number of hydrogen-bond donors (Lipinski definition) is 3. The fourth-order valence-electron chi connectivity index (χ4n) is 2.68. The average molecular weight is 370 g/mol. The van der Waals surface area contributed by atoms with Crippen molar-refractivity contribution in [2.45, 2.75) is 19.4 Å². The highest BCUT2D eigenvalue weighted by Crippen LogP contribution is 2.26. The topological polar surface area (TPSA) is 78.0 Å². The molecule has 5 nitrogen and oxygen atoms in total. The second-order valence-corrected chi connectivity index (χ2v) is 6.60. The first kappa shape index (κ1) is 18.2. The van der Waals surface area contributed by atoms with Crippen molar-refractivity contribution in [1.29, 1.82) is 0 Å². The number of nitrogens with one attached hydrogen (secondary N) is 2. The van der Waals surface area contributed by atoms with Gasteiger partial charge in [0.05, 0.1) is 23.4 Å². The average Bonchev–Trinajstić information content (AvgIpc) is 3.13. The lowest BCUT2D eigenvalue weighted by molar-refractivity contribution is 0.0911. The van der Waals surface area contributed by atoms with E-state index in [1.54, 1.807) is 12.1 Å². The number of carbonyl (C=O) groups is 1. The number of benzene rings is 2. The number of aliphatic hydroxyl groups is 1. The molecule has 0 fully saturated rings. The maximum atomic E-state index is 12.5. The first-order valence-electron chi connectivity index (χ1n) is 8.34. The molecule has 2 aromatic carbocycles. The lowest BCUT2D eigenvalue weighted by Crippen LogP contribution is -2.39. The Hall–Kier alpha value is -2.63. The van der Waals surface area contributed by atoms with Crippen molar-refractivity contribution < 1.29 is 9.90 Å². The molecule has 1 unspecified atom stereocenters. The van der Waals surface area contributed by atoms with Gasteiger partial charge in [0, 0.05) is 5.56 Å². The largest absolute Gasteiger partial charge is 0.394 e. The van der Waals surface area contributed by atoms with Gasteiger partial charge in [0.15, 0.2) is 0 Å². The van der Waals surface area contributed by atoms with E-state index < -0.39 is 0 Å². The standard InChI is InChI=1S/C20H20ClN3O2/c1-13-6-8-14(9-7-13)10-15(12-25)22-20(26)19-11-18(23-24-19)16-4-2-3-5-17(16)21/h2-9,11,15,25H,10,12H2,1H3,(H,22,26)(H,23,24). The summed E-state index contributed by atoms with van der Waals surface area (Å²) in [7, 11) is 0. The van der Waals surface area contributed by atoms with Gasteiger partial charge in [-0.1, -0.05) is 59.6 Å². The van der Waals surface area contributed by atoms with Crippen LogP contribution < -0.4 is 5.32 Å². The van der Waals surface area contributed by atoms with Gasteiger partial charge in [0.25, 0.3) is 5.91 Å². The maximum absolute atomic E-state index is 12.5. The summed E-state index contributed by atoms with van der Waals surface area (Å²) in [4.78, 5) is 12.5. The van der Waals surface area contributed by atoms with Crippen LogP contribution in [0.2, 0.25) is 5.02 Å². The van der Waals surface area contributed by atoms with E-state index in [0.29, 0.717) is 22.8 Å². The first-order chi connectivity index (χ1) is 12.6. The number of H-pyrrole nitrogens is 1. The van der Waals surface area contributed by atoms with Gasteiger partial charge in [-0.2, -0.15) is 5.10 Å². The number of aliphatic hydroxyl groups excluding tert-OH is 1. The van der Waals surface area contributed by atoms with E-state index in [2.05, 4.69) is 15.5 Å². The van der Waals surface area contributed by atoms with Crippen LogP contribution in [0.15, 0.2) is 54.6 Å². The predicted octanol–water partition coefficient (Wildman–Crippen LogP) is 3.37. The minimum atomic E-state index is -0.378. The quantitative estimate of drug-likeness (QED) is 0.623. The SMILES string of the molecule is Cc1ccc(CC(CO)NC(=O)c2cc(-c3ccccc3Cl)n[nH]2)cc1. The van der Waals surface area contributed by atoms with Crippen LogP contribution in [0.1, 0.15) is 21.6 Å². The number of aryl methyl sites for hydroxylation is 1. The van der Waals surface area contributed by atoms with E-state index in [9.17, 15) is 9.90 Å². The van der Waals surface area contributed by atoms with Gasteiger partial charge in [-0.15, -0.1) is 0 Å². The Morgan fingerprint density at radius 3 is 2.65 bits per heavy atom. The van der Waals surface area contributed by atoms with Gasteiger partial charge in [0.1, 0.15) is 5.69 Å². The molecule has 26 heavy (non-hydrogen) atoms. The third kappa shape index (κ3) is 4.31. The Kier molecular flexibility index (Phi) is 5.71. The monoisotopic (exact) mass is 369 g/mol. The van der Waals surface area contributed by atoms with E-state index in [1.807, 2.05) is 49.4 Å². The number of halogens is 1. The summed E-state index contributed by atoms with van der Waals surface area (Å²) in [6.45, 7) is 1.87. The van der Waals surface area contributed by atoms with Crippen molar-refractivity contribution in [2.24, 2.45) is 0 Å². The normalized spacial score (nSPS) is 12.0. The van der Waals surface area contributed by atoms with E-state index in [1.165, 1.54) is 5.56 Å². The molecule has 1 aromatic heterocycles. The number of aromatic nitrogens is 2. The molecule has 0 spiro atoms. The van der Waals surface area contributed by atoms with Crippen LogP contribution in [-0.4, -0.2) is 33.9 Å². The van der Waals surface area contributed by atoms with Gasteiger partial charge in [-0.3, -0.25) is 9.89 Å². The molecule has 0 aliphatic carbocycles. The molecule has 1 heterocycles. The molecule has 0 radical (unpaired) electrons. The van der Waals surface area contributed by atoms with Gasteiger partial charge >= 0.3 is 0 Å². The molecule has 134 valence electrons. The zero-order valence-electron chi connectivity index (χ0n) is 14.4. The van der Waals surface area contributed by atoms with Gasteiger partial charge in [0.2, 0.25) is 0 Å². The molecule has 0 saturated carbocycles. The number of carbonyl (C=O) groups excluding carboxylic acids is 1. The van der Waals surface area contributed by atoms with Crippen molar-refractivity contribution in [1.82, 2.24) is 15.5 Å². The van der Waals surface area contributed by atoms with Crippen LogP contribution in [0.5, 0.6) is 0 Å². The van der Waals surface area contributed by atoms with Crippen LogP contribution in [0.4, 0.5) is 0 Å². The molecule has 0 saturated heterocycles. The fraction of sp³-hybridized carbons (Fsp3) is 0.200. The van der Waals surface area contributed by atoms with Gasteiger partial charge < -0.3 is 10.4 Å². The fourth-order valence-corrected chi connectivity index (χ4v) is 2.91. The minimum Gasteiger partial charge on any atom is -0.394 e.